The highest BCUT2D eigenvalue weighted by Gasteiger charge is 2.45. The van der Waals surface area contributed by atoms with Gasteiger partial charge in [0, 0.05) is 19.2 Å². The molecular weight excluding hydrogens is 458 g/mol. The number of ether oxygens (including phenoxy) is 3. The van der Waals surface area contributed by atoms with E-state index in [0.29, 0.717) is 29.2 Å². The van der Waals surface area contributed by atoms with E-state index in [4.69, 9.17) is 14.2 Å². The summed E-state index contributed by atoms with van der Waals surface area (Å²) in [4.78, 5) is 27.4. The second-order valence-corrected chi connectivity index (χ2v) is 8.50. The first-order chi connectivity index (χ1) is 17.4. The number of aliphatic hydroxyl groups is 1. The molecular formula is C29H29NO6. The van der Waals surface area contributed by atoms with Crippen molar-refractivity contribution in [3.8, 4) is 11.5 Å². The number of hydrogen-bond donors (Lipinski definition) is 1. The summed E-state index contributed by atoms with van der Waals surface area (Å²) in [5, 5.41) is 11.1. The first-order valence-corrected chi connectivity index (χ1v) is 11.6. The fourth-order valence-corrected chi connectivity index (χ4v) is 4.23. The molecule has 186 valence electrons. The number of ketones is 1. The lowest BCUT2D eigenvalue weighted by Gasteiger charge is -2.25. The van der Waals surface area contributed by atoms with E-state index < -0.39 is 17.7 Å². The van der Waals surface area contributed by atoms with Crippen molar-refractivity contribution < 1.29 is 28.9 Å². The Kier molecular flexibility index (Phi) is 7.71. The number of methoxy groups -OCH3 is 2. The predicted octanol–water partition coefficient (Wildman–Crippen LogP) is 4.65. The van der Waals surface area contributed by atoms with Crippen molar-refractivity contribution in [1.29, 1.82) is 0 Å². The van der Waals surface area contributed by atoms with Crippen LogP contribution in [-0.2, 0) is 20.9 Å². The van der Waals surface area contributed by atoms with Gasteiger partial charge in [0.15, 0.2) is 0 Å². The standard InChI is InChI=1S/C29H29NO6/c1-19-6-4-5-7-22(19)18-36-24-14-8-20(9-15-24)26-25(28(32)29(33)30(26)16-17-34-2)27(31)21-10-12-23(35-3)13-11-21/h4-15,26,31H,16-18H2,1-3H3/b27-25-. The van der Waals surface area contributed by atoms with Gasteiger partial charge in [-0.2, -0.15) is 0 Å². The molecule has 7 nitrogen and oxygen atoms in total. The Morgan fingerprint density at radius 2 is 1.58 bits per heavy atom. The summed E-state index contributed by atoms with van der Waals surface area (Å²) in [7, 11) is 3.08. The van der Waals surface area contributed by atoms with Crippen molar-refractivity contribution in [2.24, 2.45) is 0 Å². The molecule has 1 N–H and O–H groups in total. The molecule has 1 amide bonds. The van der Waals surface area contributed by atoms with E-state index in [1.807, 2.05) is 43.3 Å². The summed E-state index contributed by atoms with van der Waals surface area (Å²) in [6.07, 6.45) is 0. The zero-order chi connectivity index (χ0) is 25.7. The van der Waals surface area contributed by atoms with Gasteiger partial charge in [-0.15, -0.1) is 0 Å². The number of nitrogens with zero attached hydrogens (tertiary/aromatic N) is 1. The number of carbonyl (C=O) groups excluding carboxylic acids is 2. The summed E-state index contributed by atoms with van der Waals surface area (Å²) in [5.41, 5.74) is 3.38. The number of carbonyl (C=O) groups is 2. The van der Waals surface area contributed by atoms with Crippen molar-refractivity contribution in [3.05, 3.63) is 101 Å². The van der Waals surface area contributed by atoms with Gasteiger partial charge in [-0.3, -0.25) is 9.59 Å². The summed E-state index contributed by atoms with van der Waals surface area (Å²) in [6.45, 7) is 2.92. The highest BCUT2D eigenvalue weighted by Crippen LogP contribution is 2.39. The van der Waals surface area contributed by atoms with Crippen LogP contribution < -0.4 is 9.47 Å². The molecule has 1 unspecified atom stereocenters. The zero-order valence-corrected chi connectivity index (χ0v) is 20.6. The number of benzene rings is 3. The normalized spacial score (nSPS) is 16.9. The van der Waals surface area contributed by atoms with Crippen LogP contribution in [0.15, 0.2) is 78.4 Å². The van der Waals surface area contributed by atoms with Crippen LogP contribution in [0.5, 0.6) is 11.5 Å². The first-order valence-electron chi connectivity index (χ1n) is 11.6. The molecule has 1 fully saturated rings. The molecule has 7 heteroatoms. The number of likely N-dealkylation sites (tertiary alicyclic amines) is 1. The number of aliphatic hydroxyl groups excluding tert-OH is 1. The minimum atomic E-state index is -0.757. The van der Waals surface area contributed by atoms with Crippen LogP contribution in [0.4, 0.5) is 0 Å². The quantitative estimate of drug-likeness (QED) is 0.269. The number of hydrogen-bond acceptors (Lipinski definition) is 6. The van der Waals surface area contributed by atoms with Crippen molar-refractivity contribution in [2.45, 2.75) is 19.6 Å². The first kappa shape index (κ1) is 25.0. The SMILES string of the molecule is COCCN1C(=O)C(=O)/C(=C(\O)c2ccc(OC)cc2)C1c1ccc(OCc2ccccc2C)cc1. The van der Waals surface area contributed by atoms with Crippen LogP contribution in [0.3, 0.4) is 0 Å². The van der Waals surface area contributed by atoms with Crippen molar-refractivity contribution in [2.75, 3.05) is 27.4 Å². The maximum atomic E-state index is 13.1. The van der Waals surface area contributed by atoms with E-state index in [0.717, 1.165) is 11.1 Å². The molecule has 1 atom stereocenters. The monoisotopic (exact) mass is 487 g/mol. The van der Waals surface area contributed by atoms with Crippen LogP contribution in [0.1, 0.15) is 28.3 Å². The molecule has 1 heterocycles. The largest absolute Gasteiger partial charge is 0.507 e. The molecule has 1 saturated heterocycles. The van der Waals surface area contributed by atoms with Gasteiger partial charge in [-0.25, -0.2) is 0 Å². The van der Waals surface area contributed by atoms with Crippen molar-refractivity contribution >= 4 is 17.4 Å². The van der Waals surface area contributed by atoms with Gasteiger partial charge in [-0.05, 0) is 60.0 Å². The van der Waals surface area contributed by atoms with E-state index in [1.165, 1.54) is 12.0 Å². The van der Waals surface area contributed by atoms with Crippen molar-refractivity contribution in [3.63, 3.8) is 0 Å². The fraction of sp³-hybridized carbons (Fsp3) is 0.241. The number of rotatable bonds is 9. The topological polar surface area (TPSA) is 85.3 Å². The molecule has 0 aromatic heterocycles. The van der Waals surface area contributed by atoms with E-state index in [1.54, 1.807) is 43.5 Å². The Balaban J connectivity index is 1.66. The minimum Gasteiger partial charge on any atom is -0.507 e. The Bertz CT molecular complexity index is 1260. The second-order valence-electron chi connectivity index (χ2n) is 8.50. The lowest BCUT2D eigenvalue weighted by molar-refractivity contribution is -0.140. The minimum absolute atomic E-state index is 0.0369. The molecule has 0 aliphatic carbocycles. The fourth-order valence-electron chi connectivity index (χ4n) is 4.23. The van der Waals surface area contributed by atoms with Gasteiger partial charge in [0.25, 0.3) is 11.7 Å². The molecule has 0 radical (unpaired) electrons. The van der Waals surface area contributed by atoms with Gasteiger partial charge in [-0.1, -0.05) is 36.4 Å². The molecule has 3 aromatic rings. The molecule has 36 heavy (non-hydrogen) atoms. The molecule has 3 aromatic carbocycles. The molecule has 1 aliphatic heterocycles. The maximum absolute atomic E-state index is 13.1. The van der Waals surface area contributed by atoms with E-state index in [-0.39, 0.29) is 24.5 Å². The van der Waals surface area contributed by atoms with Crippen molar-refractivity contribution in [1.82, 2.24) is 4.90 Å². The van der Waals surface area contributed by atoms with Gasteiger partial charge in [0.05, 0.1) is 25.3 Å². The number of Topliss-reactive ketones (excluding diaryl/α,β-unsaturated/α-hetero) is 1. The lowest BCUT2D eigenvalue weighted by Crippen LogP contribution is -2.32. The van der Waals surface area contributed by atoms with Crippen LogP contribution >= 0.6 is 0 Å². The summed E-state index contributed by atoms with van der Waals surface area (Å²) >= 11 is 0. The molecule has 4 rings (SSSR count). The summed E-state index contributed by atoms with van der Waals surface area (Å²) in [5.74, 6) is -0.368. The average molecular weight is 488 g/mol. The number of aryl methyl sites for hydroxylation is 1. The third kappa shape index (κ3) is 5.11. The predicted molar refractivity (Wildman–Crippen MR) is 136 cm³/mol. The lowest BCUT2D eigenvalue weighted by atomic mass is 9.95. The van der Waals surface area contributed by atoms with Crippen LogP contribution in [0, 0.1) is 6.92 Å². The van der Waals surface area contributed by atoms with Crippen LogP contribution in [0.25, 0.3) is 5.76 Å². The smallest absolute Gasteiger partial charge is 0.295 e. The molecule has 0 saturated carbocycles. The zero-order valence-electron chi connectivity index (χ0n) is 20.6. The van der Waals surface area contributed by atoms with E-state index >= 15 is 0 Å². The summed E-state index contributed by atoms with van der Waals surface area (Å²) < 4.78 is 16.3. The molecule has 0 spiro atoms. The summed E-state index contributed by atoms with van der Waals surface area (Å²) in [6, 6.07) is 21.2. The van der Waals surface area contributed by atoms with Crippen LogP contribution in [0.2, 0.25) is 0 Å². The number of amides is 1. The van der Waals surface area contributed by atoms with E-state index in [2.05, 4.69) is 0 Å². The molecule has 0 bridgehead atoms. The van der Waals surface area contributed by atoms with E-state index in [9.17, 15) is 14.7 Å². The third-order valence-electron chi connectivity index (χ3n) is 6.29. The highest BCUT2D eigenvalue weighted by atomic mass is 16.5. The Labute approximate surface area is 210 Å². The molecule has 1 aliphatic rings. The van der Waals surface area contributed by atoms with Gasteiger partial charge in [0.1, 0.15) is 23.9 Å². The Hall–Kier alpha value is -4.10. The average Bonchev–Trinajstić information content (AvgIpc) is 3.16. The Morgan fingerprint density at radius 1 is 0.917 bits per heavy atom. The second kappa shape index (κ2) is 11.1. The van der Waals surface area contributed by atoms with Gasteiger partial charge >= 0.3 is 0 Å². The third-order valence-corrected chi connectivity index (χ3v) is 6.29. The van der Waals surface area contributed by atoms with Gasteiger partial charge < -0.3 is 24.2 Å². The maximum Gasteiger partial charge on any atom is 0.295 e. The van der Waals surface area contributed by atoms with Crippen LogP contribution in [-0.4, -0.2) is 49.1 Å². The highest BCUT2D eigenvalue weighted by molar-refractivity contribution is 6.46. The van der Waals surface area contributed by atoms with Gasteiger partial charge in [0.2, 0.25) is 0 Å². The Morgan fingerprint density at radius 3 is 2.22 bits per heavy atom.